The number of fused-ring (bicyclic) bond motifs is 1. The molecule has 9 nitrogen and oxygen atoms in total. The van der Waals surface area contributed by atoms with Crippen LogP contribution in [-0.4, -0.2) is 44.4 Å². The van der Waals surface area contributed by atoms with Crippen LogP contribution in [0, 0.1) is 5.82 Å². The van der Waals surface area contributed by atoms with Crippen molar-refractivity contribution in [1.29, 1.82) is 0 Å². The number of esters is 1. The third-order valence-corrected chi connectivity index (χ3v) is 9.02. The van der Waals surface area contributed by atoms with E-state index in [0.29, 0.717) is 28.1 Å². The highest BCUT2D eigenvalue weighted by atomic mass is 35.5. The first-order chi connectivity index (χ1) is 19.2. The smallest absolute Gasteiger partial charge is 0.341 e. The van der Waals surface area contributed by atoms with Crippen LogP contribution in [0.3, 0.4) is 0 Å². The maximum atomic E-state index is 14.2. The van der Waals surface area contributed by atoms with E-state index in [9.17, 15) is 18.8 Å². The zero-order valence-corrected chi connectivity index (χ0v) is 24.9. The average Bonchev–Trinajstić information content (AvgIpc) is 3.61. The molecular formula is C27H31ClFN5O4S2. The van der Waals surface area contributed by atoms with Crippen LogP contribution < -0.4 is 10.6 Å². The minimum Gasteiger partial charge on any atom is -0.462 e. The van der Waals surface area contributed by atoms with Gasteiger partial charge in [-0.2, -0.15) is 0 Å². The van der Waals surface area contributed by atoms with E-state index in [2.05, 4.69) is 20.8 Å². The number of halogens is 2. The van der Waals surface area contributed by atoms with Gasteiger partial charge in [0.05, 0.1) is 34.6 Å². The fourth-order valence-electron chi connectivity index (χ4n) is 4.38. The number of ether oxygens (including phenoxy) is 1. The number of thioether (sulfide) groups is 1. The van der Waals surface area contributed by atoms with Crippen LogP contribution in [0.2, 0.25) is 5.02 Å². The van der Waals surface area contributed by atoms with Gasteiger partial charge >= 0.3 is 5.97 Å². The largest absolute Gasteiger partial charge is 0.462 e. The van der Waals surface area contributed by atoms with Crippen molar-refractivity contribution in [3.63, 3.8) is 0 Å². The van der Waals surface area contributed by atoms with Crippen molar-refractivity contribution in [2.45, 2.75) is 76.4 Å². The van der Waals surface area contributed by atoms with Gasteiger partial charge < -0.3 is 19.9 Å². The Morgan fingerprint density at radius 2 is 2.02 bits per heavy atom. The van der Waals surface area contributed by atoms with Gasteiger partial charge in [0.15, 0.2) is 11.0 Å². The van der Waals surface area contributed by atoms with Crippen molar-refractivity contribution in [1.82, 2.24) is 20.1 Å². The molecule has 214 valence electrons. The second-order valence-corrected chi connectivity index (χ2v) is 12.0. The Labute approximate surface area is 245 Å². The van der Waals surface area contributed by atoms with E-state index in [4.69, 9.17) is 16.3 Å². The molecule has 0 spiro atoms. The predicted molar refractivity (Wildman–Crippen MR) is 154 cm³/mol. The lowest BCUT2D eigenvalue weighted by molar-refractivity contribution is -0.115. The Kier molecular flexibility index (Phi) is 10.2. The van der Waals surface area contributed by atoms with Gasteiger partial charge in [-0.05, 0) is 57.2 Å². The molecule has 0 bridgehead atoms. The number of nitrogens with one attached hydrogen (secondary N) is 2. The topological polar surface area (TPSA) is 115 Å². The quantitative estimate of drug-likeness (QED) is 0.202. The molecule has 0 radical (unpaired) electrons. The highest BCUT2D eigenvalue weighted by Gasteiger charge is 2.30. The minimum absolute atomic E-state index is 0.00496. The van der Waals surface area contributed by atoms with Crippen LogP contribution in [0.4, 0.5) is 9.39 Å². The van der Waals surface area contributed by atoms with Crippen molar-refractivity contribution in [2.24, 2.45) is 0 Å². The molecule has 13 heteroatoms. The van der Waals surface area contributed by atoms with Crippen molar-refractivity contribution in [3.8, 4) is 0 Å². The highest BCUT2D eigenvalue weighted by molar-refractivity contribution is 8.00. The van der Waals surface area contributed by atoms with Crippen LogP contribution in [0.1, 0.15) is 77.0 Å². The molecule has 2 heterocycles. The van der Waals surface area contributed by atoms with Gasteiger partial charge in [0.1, 0.15) is 10.8 Å². The van der Waals surface area contributed by atoms with Gasteiger partial charge in [-0.25, -0.2) is 9.18 Å². The number of amides is 2. The minimum atomic E-state index is -0.712. The molecule has 1 aliphatic carbocycles. The van der Waals surface area contributed by atoms with E-state index < -0.39 is 22.9 Å². The van der Waals surface area contributed by atoms with Gasteiger partial charge in [0, 0.05) is 11.4 Å². The molecule has 0 saturated heterocycles. The number of unbranched alkanes of at least 4 members (excludes halogenated alkanes) is 1. The Balaban J connectivity index is 1.47. The number of hydrogen-bond acceptors (Lipinski definition) is 8. The Hall–Kier alpha value is -2.96. The molecule has 2 N–H and O–H groups in total. The molecule has 1 aliphatic rings. The first kappa shape index (κ1) is 30.0. The zero-order chi connectivity index (χ0) is 28.8. The SMILES string of the molecule is CCCCn1c(CNC(=O)c2c(F)cccc2Cl)nnc1S[C@@H](C)C(=O)Nc1sc2c(c1C(=O)OCC)CCC2. The number of carbonyl (C=O) groups excluding carboxylic acids is 3. The van der Waals surface area contributed by atoms with Gasteiger partial charge in [-0.1, -0.05) is 42.8 Å². The van der Waals surface area contributed by atoms with E-state index in [1.54, 1.807) is 13.8 Å². The third-order valence-electron chi connectivity index (χ3n) is 6.41. The van der Waals surface area contributed by atoms with Crippen LogP contribution in [-0.2, 0) is 35.5 Å². The second kappa shape index (κ2) is 13.6. The molecule has 0 aliphatic heterocycles. The fourth-order valence-corrected chi connectivity index (χ4v) is 6.80. The summed E-state index contributed by atoms with van der Waals surface area (Å²) in [6.45, 7) is 6.40. The molecule has 0 saturated carbocycles. The Morgan fingerprint density at radius 3 is 2.75 bits per heavy atom. The first-order valence-electron chi connectivity index (χ1n) is 13.2. The van der Waals surface area contributed by atoms with Gasteiger partial charge in [-0.3, -0.25) is 9.59 Å². The molecule has 1 atom stereocenters. The number of carbonyl (C=O) groups is 3. The second-order valence-electron chi connectivity index (χ2n) is 9.21. The van der Waals surface area contributed by atoms with Crippen LogP contribution in [0.5, 0.6) is 0 Å². The summed E-state index contributed by atoms with van der Waals surface area (Å²) in [5, 5.41) is 14.6. The number of hydrogen-bond donors (Lipinski definition) is 2. The predicted octanol–water partition coefficient (Wildman–Crippen LogP) is 5.65. The van der Waals surface area contributed by atoms with Crippen molar-refractivity contribution in [2.75, 3.05) is 11.9 Å². The molecule has 0 fully saturated rings. The molecular weight excluding hydrogens is 577 g/mol. The third kappa shape index (κ3) is 6.67. The lowest BCUT2D eigenvalue weighted by Crippen LogP contribution is -2.26. The maximum Gasteiger partial charge on any atom is 0.341 e. The molecule has 1 aromatic carbocycles. The average molecular weight is 608 g/mol. The van der Waals surface area contributed by atoms with Crippen molar-refractivity contribution in [3.05, 3.63) is 56.4 Å². The maximum absolute atomic E-state index is 14.2. The summed E-state index contributed by atoms with van der Waals surface area (Å²) in [6.07, 6.45) is 4.40. The van der Waals surface area contributed by atoms with E-state index in [1.807, 2.05) is 11.5 Å². The van der Waals surface area contributed by atoms with E-state index >= 15 is 0 Å². The zero-order valence-electron chi connectivity index (χ0n) is 22.5. The van der Waals surface area contributed by atoms with Gasteiger partial charge in [-0.15, -0.1) is 21.5 Å². The summed E-state index contributed by atoms with van der Waals surface area (Å²) in [5.74, 6) is -1.58. The highest BCUT2D eigenvalue weighted by Crippen LogP contribution is 2.40. The first-order valence-corrected chi connectivity index (χ1v) is 15.3. The molecule has 40 heavy (non-hydrogen) atoms. The summed E-state index contributed by atoms with van der Waals surface area (Å²) in [4.78, 5) is 39.6. The number of nitrogens with zero attached hydrogens (tertiary/aromatic N) is 3. The lowest BCUT2D eigenvalue weighted by Gasteiger charge is -2.14. The summed E-state index contributed by atoms with van der Waals surface area (Å²) in [5.41, 5.74) is 1.20. The molecule has 3 aromatic rings. The van der Waals surface area contributed by atoms with Crippen molar-refractivity contribution < 1.29 is 23.5 Å². The van der Waals surface area contributed by atoms with E-state index in [1.165, 1.54) is 41.3 Å². The fraction of sp³-hybridized carbons (Fsp3) is 0.444. The number of aryl methyl sites for hydroxylation is 1. The summed E-state index contributed by atoms with van der Waals surface area (Å²) in [7, 11) is 0. The van der Waals surface area contributed by atoms with Crippen LogP contribution in [0.15, 0.2) is 23.4 Å². The van der Waals surface area contributed by atoms with E-state index in [0.717, 1.165) is 42.5 Å². The normalized spacial score (nSPS) is 13.1. The number of rotatable bonds is 12. The molecule has 0 unspecified atom stereocenters. The van der Waals surface area contributed by atoms with Gasteiger partial charge in [0.2, 0.25) is 5.91 Å². The summed E-state index contributed by atoms with van der Waals surface area (Å²) < 4.78 is 21.3. The monoisotopic (exact) mass is 607 g/mol. The number of thiophene rings is 1. The van der Waals surface area contributed by atoms with E-state index in [-0.39, 0.29) is 29.6 Å². The molecule has 2 aromatic heterocycles. The lowest BCUT2D eigenvalue weighted by atomic mass is 10.1. The molecule has 2 amide bonds. The number of aromatic nitrogens is 3. The Bertz CT molecular complexity index is 1390. The number of anilines is 1. The van der Waals surface area contributed by atoms with Crippen molar-refractivity contribution >= 4 is 57.5 Å². The van der Waals surface area contributed by atoms with Crippen LogP contribution in [0.25, 0.3) is 0 Å². The molecule has 4 rings (SSSR count). The summed E-state index contributed by atoms with van der Waals surface area (Å²) in [6, 6.07) is 4.05. The van der Waals surface area contributed by atoms with Gasteiger partial charge in [0.25, 0.3) is 5.91 Å². The van der Waals surface area contributed by atoms with Crippen LogP contribution >= 0.6 is 34.7 Å². The summed E-state index contributed by atoms with van der Waals surface area (Å²) >= 11 is 8.68. The standard InChI is InChI=1S/C27H31ClFN5O4S2/c1-4-6-13-34-20(14-30-24(36)22-17(28)10-8-11-18(22)29)32-33-27(34)39-15(3)23(35)31-25-21(26(37)38-5-2)16-9-7-12-19(16)40-25/h8,10-11,15H,4-7,9,12-14H2,1-3H3,(H,30,36)(H,31,35)/t15-/m0/s1. The Morgan fingerprint density at radius 1 is 1.23 bits per heavy atom. The number of benzene rings is 1.